The van der Waals surface area contributed by atoms with Crippen molar-refractivity contribution in [3.63, 3.8) is 0 Å². The molecule has 3 N–H and O–H groups in total. The Bertz CT molecular complexity index is 256. The molecule has 1 aromatic heterocycles. The molecular formula is C9H16N4O. The van der Waals surface area contributed by atoms with Crippen molar-refractivity contribution in [3.05, 3.63) is 12.3 Å². The Kier molecular flexibility index (Phi) is 3.10. The second-order valence-corrected chi connectivity index (χ2v) is 3.79. The number of rotatable bonds is 3. The summed E-state index contributed by atoms with van der Waals surface area (Å²) in [6.07, 6.45) is 4.35. The second-order valence-electron chi connectivity index (χ2n) is 3.79. The van der Waals surface area contributed by atoms with Crippen molar-refractivity contribution in [2.45, 2.75) is 25.3 Å². The number of nitrogens with zero attached hydrogens (tertiary/aromatic N) is 2. The quantitative estimate of drug-likeness (QED) is 0.708. The van der Waals surface area contributed by atoms with Crippen LogP contribution < -0.4 is 11.1 Å². The van der Waals surface area contributed by atoms with Crippen molar-refractivity contribution >= 4 is 0 Å². The van der Waals surface area contributed by atoms with E-state index in [2.05, 4.69) is 15.5 Å². The molecule has 1 atom stereocenters. The van der Waals surface area contributed by atoms with Crippen LogP contribution in [0.25, 0.3) is 0 Å². The van der Waals surface area contributed by atoms with E-state index in [9.17, 15) is 0 Å². The molecule has 0 aliphatic carbocycles. The standard InChI is InChI=1S/C9H16N4O/c10-8(5-9-13-12-6-14-9)7-1-3-11-4-2-7/h6-8,11H,1-5,10H2. The van der Waals surface area contributed by atoms with E-state index < -0.39 is 0 Å². The van der Waals surface area contributed by atoms with Gasteiger partial charge in [0.15, 0.2) is 0 Å². The molecule has 1 saturated heterocycles. The minimum atomic E-state index is 0.151. The fourth-order valence-electron chi connectivity index (χ4n) is 1.93. The summed E-state index contributed by atoms with van der Waals surface area (Å²) in [5, 5.41) is 10.8. The fraction of sp³-hybridized carbons (Fsp3) is 0.778. The maximum absolute atomic E-state index is 6.08. The van der Waals surface area contributed by atoms with Crippen LogP contribution in [-0.2, 0) is 6.42 Å². The first-order valence-electron chi connectivity index (χ1n) is 5.07. The van der Waals surface area contributed by atoms with Crippen molar-refractivity contribution in [3.8, 4) is 0 Å². The first kappa shape index (κ1) is 9.61. The van der Waals surface area contributed by atoms with E-state index >= 15 is 0 Å². The molecule has 5 nitrogen and oxygen atoms in total. The van der Waals surface area contributed by atoms with Gasteiger partial charge < -0.3 is 15.5 Å². The molecule has 0 bridgehead atoms. The Balaban J connectivity index is 1.85. The van der Waals surface area contributed by atoms with Crippen LogP contribution in [0.2, 0.25) is 0 Å². The molecule has 0 saturated carbocycles. The number of piperidine rings is 1. The van der Waals surface area contributed by atoms with Crippen molar-refractivity contribution in [2.24, 2.45) is 11.7 Å². The third kappa shape index (κ3) is 2.30. The summed E-state index contributed by atoms with van der Waals surface area (Å²) in [4.78, 5) is 0. The third-order valence-electron chi connectivity index (χ3n) is 2.80. The van der Waals surface area contributed by atoms with Gasteiger partial charge in [-0.2, -0.15) is 0 Å². The first-order valence-corrected chi connectivity index (χ1v) is 5.07. The monoisotopic (exact) mass is 196 g/mol. The molecule has 2 heterocycles. The van der Waals surface area contributed by atoms with E-state index in [1.54, 1.807) is 0 Å². The summed E-state index contributed by atoms with van der Waals surface area (Å²) in [6, 6.07) is 0.151. The van der Waals surface area contributed by atoms with Crippen LogP contribution in [0, 0.1) is 5.92 Å². The summed E-state index contributed by atoms with van der Waals surface area (Å²) in [5.74, 6) is 1.24. The van der Waals surface area contributed by atoms with Gasteiger partial charge in [-0.3, -0.25) is 0 Å². The number of hydrogen-bond donors (Lipinski definition) is 2. The minimum absolute atomic E-state index is 0.151. The molecule has 2 rings (SSSR count). The lowest BCUT2D eigenvalue weighted by Gasteiger charge is -2.27. The topological polar surface area (TPSA) is 77.0 Å². The van der Waals surface area contributed by atoms with Gasteiger partial charge >= 0.3 is 0 Å². The van der Waals surface area contributed by atoms with E-state index in [0.717, 1.165) is 25.9 Å². The van der Waals surface area contributed by atoms with Gasteiger partial charge in [-0.1, -0.05) is 0 Å². The van der Waals surface area contributed by atoms with E-state index in [1.165, 1.54) is 6.39 Å². The predicted octanol–water partition coefficient (Wildman–Crippen LogP) is -0.0610. The van der Waals surface area contributed by atoms with E-state index in [0.29, 0.717) is 18.2 Å². The van der Waals surface area contributed by atoms with Gasteiger partial charge in [-0.25, -0.2) is 0 Å². The van der Waals surface area contributed by atoms with Gasteiger partial charge in [0.1, 0.15) is 0 Å². The molecule has 1 unspecified atom stereocenters. The second kappa shape index (κ2) is 4.52. The fourth-order valence-corrected chi connectivity index (χ4v) is 1.93. The normalized spacial score (nSPS) is 20.9. The molecule has 0 spiro atoms. The predicted molar refractivity (Wildman–Crippen MR) is 51.6 cm³/mol. The van der Waals surface area contributed by atoms with Gasteiger partial charge in [-0.15, -0.1) is 10.2 Å². The largest absolute Gasteiger partial charge is 0.428 e. The Hall–Kier alpha value is -0.940. The SMILES string of the molecule is NC(Cc1nnco1)C1CCNCC1. The van der Waals surface area contributed by atoms with Gasteiger partial charge in [0.2, 0.25) is 12.3 Å². The summed E-state index contributed by atoms with van der Waals surface area (Å²) >= 11 is 0. The van der Waals surface area contributed by atoms with Crippen LogP contribution in [0.3, 0.4) is 0 Å². The van der Waals surface area contributed by atoms with Gasteiger partial charge in [0.05, 0.1) is 0 Å². The lowest BCUT2D eigenvalue weighted by molar-refractivity contribution is 0.303. The Morgan fingerprint density at radius 2 is 2.36 bits per heavy atom. The number of hydrogen-bond acceptors (Lipinski definition) is 5. The average Bonchev–Trinajstić information content (AvgIpc) is 2.72. The van der Waals surface area contributed by atoms with Crippen LogP contribution in [0.5, 0.6) is 0 Å². The molecule has 0 radical (unpaired) electrons. The van der Waals surface area contributed by atoms with Crippen molar-refractivity contribution < 1.29 is 4.42 Å². The van der Waals surface area contributed by atoms with Crippen LogP contribution in [-0.4, -0.2) is 29.3 Å². The van der Waals surface area contributed by atoms with Gasteiger partial charge in [-0.05, 0) is 31.8 Å². The van der Waals surface area contributed by atoms with Crippen molar-refractivity contribution in [1.29, 1.82) is 0 Å². The van der Waals surface area contributed by atoms with Crippen LogP contribution in [0.15, 0.2) is 10.8 Å². The smallest absolute Gasteiger partial charge is 0.217 e. The molecule has 1 aliphatic heterocycles. The van der Waals surface area contributed by atoms with Crippen LogP contribution >= 0.6 is 0 Å². The Morgan fingerprint density at radius 3 is 3.00 bits per heavy atom. The molecule has 0 aromatic carbocycles. The number of nitrogens with two attached hydrogens (primary N) is 1. The average molecular weight is 196 g/mol. The molecule has 14 heavy (non-hydrogen) atoms. The molecular weight excluding hydrogens is 180 g/mol. The highest BCUT2D eigenvalue weighted by Crippen LogP contribution is 2.17. The molecule has 78 valence electrons. The van der Waals surface area contributed by atoms with E-state index in [-0.39, 0.29) is 6.04 Å². The highest BCUT2D eigenvalue weighted by molar-refractivity contribution is 4.86. The van der Waals surface area contributed by atoms with Gasteiger partial charge in [0, 0.05) is 12.5 Å². The zero-order chi connectivity index (χ0) is 9.80. The lowest BCUT2D eigenvalue weighted by Crippen LogP contribution is -2.39. The highest BCUT2D eigenvalue weighted by atomic mass is 16.4. The molecule has 5 heteroatoms. The summed E-state index contributed by atoms with van der Waals surface area (Å²) < 4.78 is 5.08. The highest BCUT2D eigenvalue weighted by Gasteiger charge is 2.21. The maximum atomic E-state index is 6.08. The third-order valence-corrected chi connectivity index (χ3v) is 2.80. The summed E-state index contributed by atoms with van der Waals surface area (Å²) in [7, 11) is 0. The van der Waals surface area contributed by atoms with Crippen LogP contribution in [0.4, 0.5) is 0 Å². The zero-order valence-corrected chi connectivity index (χ0v) is 8.15. The number of aromatic nitrogens is 2. The minimum Gasteiger partial charge on any atom is -0.428 e. The van der Waals surface area contributed by atoms with E-state index in [1.807, 2.05) is 0 Å². The molecule has 1 aromatic rings. The Morgan fingerprint density at radius 1 is 1.57 bits per heavy atom. The van der Waals surface area contributed by atoms with Crippen molar-refractivity contribution in [1.82, 2.24) is 15.5 Å². The molecule has 1 aliphatic rings. The summed E-state index contributed by atoms with van der Waals surface area (Å²) in [5.41, 5.74) is 6.08. The van der Waals surface area contributed by atoms with Crippen molar-refractivity contribution in [2.75, 3.05) is 13.1 Å². The molecule has 1 fully saturated rings. The Labute approximate surface area is 83.1 Å². The summed E-state index contributed by atoms with van der Waals surface area (Å²) in [6.45, 7) is 2.14. The zero-order valence-electron chi connectivity index (χ0n) is 8.15. The van der Waals surface area contributed by atoms with Crippen LogP contribution in [0.1, 0.15) is 18.7 Å². The number of nitrogens with one attached hydrogen (secondary N) is 1. The molecule has 0 amide bonds. The maximum Gasteiger partial charge on any atom is 0.217 e. The van der Waals surface area contributed by atoms with Gasteiger partial charge in [0.25, 0.3) is 0 Å². The lowest BCUT2D eigenvalue weighted by atomic mass is 9.89. The van der Waals surface area contributed by atoms with E-state index in [4.69, 9.17) is 10.2 Å². The first-order chi connectivity index (χ1) is 6.86.